The van der Waals surface area contributed by atoms with Crippen LogP contribution in [0.5, 0.6) is 5.88 Å². The maximum absolute atomic E-state index is 5.68. The quantitative estimate of drug-likeness (QED) is 0.669. The molecule has 1 fully saturated rings. The van der Waals surface area contributed by atoms with E-state index >= 15 is 0 Å². The molecule has 0 spiro atoms. The molecule has 0 radical (unpaired) electrons. The summed E-state index contributed by atoms with van der Waals surface area (Å²) in [5.74, 6) is 1.21. The summed E-state index contributed by atoms with van der Waals surface area (Å²) in [7, 11) is 0. The fourth-order valence-electron chi connectivity index (χ4n) is 2.25. The molecule has 0 saturated heterocycles. The van der Waals surface area contributed by atoms with Gasteiger partial charge in [0.1, 0.15) is 10.7 Å². The van der Waals surface area contributed by atoms with Crippen molar-refractivity contribution in [2.75, 3.05) is 6.61 Å². The molecule has 1 saturated carbocycles. The molecule has 1 aliphatic carbocycles. The molecule has 0 aromatic carbocycles. The Morgan fingerprint density at radius 3 is 2.50 bits per heavy atom. The maximum Gasteiger partial charge on any atom is 0.232 e. The summed E-state index contributed by atoms with van der Waals surface area (Å²) in [6.45, 7) is 0.737. The third kappa shape index (κ3) is 3.91. The van der Waals surface area contributed by atoms with Gasteiger partial charge < -0.3 is 10.5 Å². The third-order valence-corrected chi connectivity index (χ3v) is 3.53. The number of ether oxygens (including phenoxy) is 1. The lowest BCUT2D eigenvalue weighted by atomic mass is 10.0. The van der Waals surface area contributed by atoms with Gasteiger partial charge in [-0.15, -0.1) is 0 Å². The van der Waals surface area contributed by atoms with Gasteiger partial charge in [-0.1, -0.05) is 37.9 Å². The molecule has 5 heteroatoms. The van der Waals surface area contributed by atoms with Crippen molar-refractivity contribution in [3.05, 3.63) is 18.1 Å². The van der Waals surface area contributed by atoms with Crippen molar-refractivity contribution in [1.82, 2.24) is 9.97 Å². The highest BCUT2D eigenvalue weighted by Gasteiger charge is 2.13. The van der Waals surface area contributed by atoms with Crippen LogP contribution in [0.4, 0.5) is 0 Å². The van der Waals surface area contributed by atoms with Crippen LogP contribution < -0.4 is 10.5 Å². The molecule has 4 nitrogen and oxygen atoms in total. The fraction of sp³-hybridized carbons (Fsp3) is 0.615. The van der Waals surface area contributed by atoms with E-state index < -0.39 is 0 Å². The lowest BCUT2D eigenvalue weighted by molar-refractivity contribution is 0.225. The van der Waals surface area contributed by atoms with E-state index in [0.717, 1.165) is 6.61 Å². The largest absolute Gasteiger partial charge is 0.476 e. The van der Waals surface area contributed by atoms with Crippen LogP contribution in [0.2, 0.25) is 0 Å². The average Bonchev–Trinajstić information content (AvgIpc) is 2.65. The number of nitrogens with zero attached hydrogens (tertiary/aromatic N) is 2. The zero-order valence-electron chi connectivity index (χ0n) is 10.5. The summed E-state index contributed by atoms with van der Waals surface area (Å²) in [5.41, 5.74) is 5.99. The van der Waals surface area contributed by atoms with E-state index in [0.29, 0.717) is 17.5 Å². The third-order valence-electron chi connectivity index (χ3n) is 3.32. The van der Waals surface area contributed by atoms with Gasteiger partial charge in [0, 0.05) is 0 Å². The first-order valence-corrected chi connectivity index (χ1v) is 6.91. The Hall–Kier alpha value is -1.23. The minimum absolute atomic E-state index is 0.262. The van der Waals surface area contributed by atoms with Gasteiger partial charge in [-0.3, -0.25) is 0 Å². The van der Waals surface area contributed by atoms with Gasteiger partial charge in [0.2, 0.25) is 5.88 Å². The highest BCUT2D eigenvalue weighted by Crippen LogP contribution is 2.23. The van der Waals surface area contributed by atoms with Crippen LogP contribution in [0.25, 0.3) is 0 Å². The molecule has 1 aromatic heterocycles. The Bertz CT molecular complexity index is 386. The molecular formula is C13H19N3OS. The molecule has 0 unspecified atom stereocenters. The lowest BCUT2D eigenvalue weighted by Crippen LogP contribution is -2.14. The van der Waals surface area contributed by atoms with E-state index in [1.165, 1.54) is 38.5 Å². The van der Waals surface area contributed by atoms with Gasteiger partial charge in [-0.25, -0.2) is 9.97 Å². The topological polar surface area (TPSA) is 61.0 Å². The normalized spacial score (nSPS) is 17.1. The highest BCUT2D eigenvalue weighted by molar-refractivity contribution is 7.80. The summed E-state index contributed by atoms with van der Waals surface area (Å²) in [6.07, 6.45) is 11.0. The molecule has 0 bridgehead atoms. The van der Waals surface area contributed by atoms with Crippen LogP contribution in [0, 0.1) is 5.92 Å². The second kappa shape index (κ2) is 6.64. The van der Waals surface area contributed by atoms with Crippen LogP contribution in [0.1, 0.15) is 44.2 Å². The Labute approximate surface area is 113 Å². The lowest BCUT2D eigenvalue weighted by Gasteiger charge is -2.14. The van der Waals surface area contributed by atoms with Crippen LogP contribution in [-0.2, 0) is 0 Å². The first-order chi connectivity index (χ1) is 8.75. The van der Waals surface area contributed by atoms with Crippen molar-refractivity contribution in [2.24, 2.45) is 11.7 Å². The summed E-state index contributed by atoms with van der Waals surface area (Å²) in [5, 5.41) is 0. The Morgan fingerprint density at radius 1 is 1.22 bits per heavy atom. The minimum Gasteiger partial charge on any atom is -0.476 e. The Balaban J connectivity index is 1.83. The molecule has 0 amide bonds. The summed E-state index contributed by atoms with van der Waals surface area (Å²) < 4.78 is 5.68. The molecule has 2 rings (SSSR count). The van der Waals surface area contributed by atoms with E-state index in [2.05, 4.69) is 9.97 Å². The zero-order valence-corrected chi connectivity index (χ0v) is 11.3. The second-order valence-corrected chi connectivity index (χ2v) is 5.21. The predicted octanol–water partition coefficient (Wildman–Crippen LogP) is 2.46. The number of hydrogen-bond donors (Lipinski definition) is 1. The number of rotatable bonds is 4. The van der Waals surface area contributed by atoms with Gasteiger partial charge >= 0.3 is 0 Å². The molecule has 18 heavy (non-hydrogen) atoms. The first kappa shape index (κ1) is 13.2. The summed E-state index contributed by atoms with van der Waals surface area (Å²) in [6, 6.07) is 0. The van der Waals surface area contributed by atoms with Crippen molar-refractivity contribution in [3.8, 4) is 5.88 Å². The summed E-state index contributed by atoms with van der Waals surface area (Å²) >= 11 is 4.82. The molecule has 1 aromatic rings. The standard InChI is InChI=1S/C13H19N3OS/c14-13(18)11-7-16-12(8-15-11)17-9-10-5-3-1-2-4-6-10/h7-8,10H,1-6,9H2,(H2,14,18). The molecule has 0 atom stereocenters. The number of thiocarbonyl (C=S) groups is 1. The van der Waals surface area contributed by atoms with E-state index in [1.54, 1.807) is 12.4 Å². The van der Waals surface area contributed by atoms with Gasteiger partial charge in [-0.2, -0.15) is 0 Å². The van der Waals surface area contributed by atoms with E-state index in [4.69, 9.17) is 22.7 Å². The average molecular weight is 265 g/mol. The first-order valence-electron chi connectivity index (χ1n) is 6.50. The smallest absolute Gasteiger partial charge is 0.232 e. The van der Waals surface area contributed by atoms with Crippen LogP contribution in [0.3, 0.4) is 0 Å². The molecule has 1 aliphatic rings. The Kier molecular flexibility index (Phi) is 4.87. The molecule has 98 valence electrons. The van der Waals surface area contributed by atoms with Gasteiger partial charge in [-0.05, 0) is 18.8 Å². The minimum atomic E-state index is 0.262. The van der Waals surface area contributed by atoms with Crippen molar-refractivity contribution in [3.63, 3.8) is 0 Å². The Morgan fingerprint density at radius 2 is 1.94 bits per heavy atom. The van der Waals surface area contributed by atoms with Gasteiger partial charge in [0.05, 0.1) is 19.0 Å². The predicted molar refractivity (Wildman–Crippen MR) is 74.6 cm³/mol. The monoisotopic (exact) mass is 265 g/mol. The van der Waals surface area contributed by atoms with Crippen LogP contribution >= 0.6 is 12.2 Å². The molecule has 0 aliphatic heterocycles. The molecule has 2 N–H and O–H groups in total. The van der Waals surface area contributed by atoms with Crippen LogP contribution in [0.15, 0.2) is 12.4 Å². The number of hydrogen-bond acceptors (Lipinski definition) is 4. The van der Waals surface area contributed by atoms with E-state index in [1.807, 2.05) is 0 Å². The number of aromatic nitrogens is 2. The molecule has 1 heterocycles. The van der Waals surface area contributed by atoms with Gasteiger partial charge in [0.25, 0.3) is 0 Å². The highest BCUT2D eigenvalue weighted by atomic mass is 32.1. The van der Waals surface area contributed by atoms with Gasteiger partial charge in [0.15, 0.2) is 0 Å². The second-order valence-electron chi connectivity index (χ2n) is 4.77. The van der Waals surface area contributed by atoms with Crippen molar-refractivity contribution >= 4 is 17.2 Å². The van der Waals surface area contributed by atoms with Crippen molar-refractivity contribution < 1.29 is 4.74 Å². The van der Waals surface area contributed by atoms with Crippen molar-refractivity contribution in [1.29, 1.82) is 0 Å². The summed E-state index contributed by atoms with van der Waals surface area (Å²) in [4.78, 5) is 8.52. The maximum atomic E-state index is 5.68. The van der Waals surface area contributed by atoms with Crippen molar-refractivity contribution in [2.45, 2.75) is 38.5 Å². The zero-order chi connectivity index (χ0) is 12.8. The van der Waals surface area contributed by atoms with E-state index in [9.17, 15) is 0 Å². The fourth-order valence-corrected chi connectivity index (χ4v) is 2.36. The molecular weight excluding hydrogens is 246 g/mol. The van der Waals surface area contributed by atoms with E-state index in [-0.39, 0.29) is 4.99 Å². The SMILES string of the molecule is NC(=S)c1cnc(OCC2CCCCCC2)cn1. The van der Waals surface area contributed by atoms with Crippen LogP contribution in [-0.4, -0.2) is 21.6 Å². The number of nitrogens with two attached hydrogens (primary N) is 1.